The molecule has 1 aromatic heterocycles. The van der Waals surface area contributed by atoms with Crippen LogP contribution in [0.2, 0.25) is 0 Å². The van der Waals surface area contributed by atoms with Crippen molar-refractivity contribution in [3.8, 4) is 11.5 Å². The third-order valence-electron chi connectivity index (χ3n) is 3.76. The van der Waals surface area contributed by atoms with Crippen molar-refractivity contribution in [3.05, 3.63) is 35.5 Å². The van der Waals surface area contributed by atoms with Crippen LogP contribution in [0.1, 0.15) is 38.1 Å². The van der Waals surface area contributed by atoms with E-state index in [-0.39, 0.29) is 11.9 Å². The summed E-state index contributed by atoms with van der Waals surface area (Å²) >= 11 is 0. The molecule has 0 fully saturated rings. The SMILES string of the molecule is CCOc1ccc([C@H](C)N[C@@H](C)C(=O)Nc2cc(C)no2)cc1OC. The molecule has 0 radical (unpaired) electrons. The summed E-state index contributed by atoms with van der Waals surface area (Å²) in [6.07, 6.45) is 0. The number of nitrogens with zero attached hydrogens (tertiary/aromatic N) is 1. The molecule has 0 bridgehead atoms. The Morgan fingerprint density at radius 1 is 1.28 bits per heavy atom. The fourth-order valence-electron chi connectivity index (χ4n) is 2.43. The smallest absolute Gasteiger partial charge is 0.243 e. The van der Waals surface area contributed by atoms with E-state index in [9.17, 15) is 4.79 Å². The maximum Gasteiger partial charge on any atom is 0.243 e. The van der Waals surface area contributed by atoms with E-state index in [0.29, 0.717) is 29.7 Å². The van der Waals surface area contributed by atoms with Crippen molar-refractivity contribution in [3.63, 3.8) is 0 Å². The Balaban J connectivity index is 2.00. The van der Waals surface area contributed by atoms with Gasteiger partial charge in [0, 0.05) is 12.1 Å². The Kier molecular flexibility index (Phi) is 6.41. The Morgan fingerprint density at radius 3 is 2.64 bits per heavy atom. The topological polar surface area (TPSA) is 85.6 Å². The van der Waals surface area contributed by atoms with Gasteiger partial charge in [0.25, 0.3) is 0 Å². The van der Waals surface area contributed by atoms with Gasteiger partial charge < -0.3 is 14.0 Å². The van der Waals surface area contributed by atoms with Crippen molar-refractivity contribution in [2.24, 2.45) is 0 Å². The van der Waals surface area contributed by atoms with Crippen LogP contribution >= 0.6 is 0 Å². The molecular weight excluding hydrogens is 322 g/mol. The molecule has 0 saturated carbocycles. The fraction of sp³-hybridized carbons (Fsp3) is 0.444. The summed E-state index contributed by atoms with van der Waals surface area (Å²) in [5.41, 5.74) is 1.71. The number of amides is 1. The van der Waals surface area contributed by atoms with Crippen LogP contribution in [0.3, 0.4) is 0 Å². The van der Waals surface area contributed by atoms with Crippen LogP contribution in [0.4, 0.5) is 5.88 Å². The van der Waals surface area contributed by atoms with Gasteiger partial charge >= 0.3 is 0 Å². The molecule has 0 spiro atoms. The van der Waals surface area contributed by atoms with Gasteiger partial charge in [0.15, 0.2) is 11.5 Å². The van der Waals surface area contributed by atoms with Crippen LogP contribution < -0.4 is 20.1 Å². The maximum absolute atomic E-state index is 12.2. The second kappa shape index (κ2) is 8.53. The van der Waals surface area contributed by atoms with Gasteiger partial charge in [0.2, 0.25) is 11.8 Å². The Bertz CT molecular complexity index is 714. The summed E-state index contributed by atoms with van der Waals surface area (Å²) in [5.74, 6) is 1.52. The van der Waals surface area contributed by atoms with Crippen LogP contribution in [-0.2, 0) is 4.79 Å². The minimum Gasteiger partial charge on any atom is -0.493 e. The molecule has 1 aromatic carbocycles. The average molecular weight is 347 g/mol. The third-order valence-corrected chi connectivity index (χ3v) is 3.76. The Morgan fingerprint density at radius 2 is 2.04 bits per heavy atom. The lowest BCUT2D eigenvalue weighted by molar-refractivity contribution is -0.118. The van der Waals surface area contributed by atoms with Gasteiger partial charge in [-0.2, -0.15) is 0 Å². The number of rotatable bonds is 8. The first kappa shape index (κ1) is 18.8. The number of hydrogen-bond acceptors (Lipinski definition) is 6. The van der Waals surface area contributed by atoms with Crippen molar-refractivity contribution < 1.29 is 18.8 Å². The predicted octanol–water partition coefficient (Wildman–Crippen LogP) is 3.07. The zero-order chi connectivity index (χ0) is 18.4. The van der Waals surface area contributed by atoms with E-state index in [4.69, 9.17) is 14.0 Å². The number of ether oxygens (including phenoxy) is 2. The largest absolute Gasteiger partial charge is 0.493 e. The molecule has 0 aliphatic rings. The second-order valence-electron chi connectivity index (χ2n) is 5.78. The van der Waals surface area contributed by atoms with E-state index in [2.05, 4.69) is 15.8 Å². The molecule has 7 nitrogen and oxygen atoms in total. The molecule has 136 valence electrons. The third kappa shape index (κ3) is 4.96. The number of aromatic nitrogens is 1. The summed E-state index contributed by atoms with van der Waals surface area (Å²) in [4.78, 5) is 12.2. The molecular formula is C18H25N3O4. The molecule has 1 amide bonds. The summed E-state index contributed by atoms with van der Waals surface area (Å²) < 4.78 is 15.9. The van der Waals surface area contributed by atoms with E-state index in [0.717, 1.165) is 5.56 Å². The highest BCUT2D eigenvalue weighted by molar-refractivity contribution is 5.93. The monoisotopic (exact) mass is 347 g/mol. The van der Waals surface area contributed by atoms with Crippen LogP contribution in [0.25, 0.3) is 0 Å². The molecule has 2 rings (SSSR count). The minimum atomic E-state index is -0.419. The van der Waals surface area contributed by atoms with Crippen molar-refractivity contribution in [1.29, 1.82) is 0 Å². The first-order valence-electron chi connectivity index (χ1n) is 8.25. The Labute approximate surface area is 147 Å². The van der Waals surface area contributed by atoms with E-state index in [1.807, 2.05) is 32.0 Å². The molecule has 25 heavy (non-hydrogen) atoms. The van der Waals surface area contributed by atoms with Crippen molar-refractivity contribution in [2.75, 3.05) is 19.0 Å². The normalized spacial score (nSPS) is 13.2. The molecule has 2 aromatic rings. The molecule has 2 N–H and O–H groups in total. The molecule has 0 aliphatic carbocycles. The molecule has 0 unspecified atom stereocenters. The van der Waals surface area contributed by atoms with Gasteiger partial charge in [-0.3, -0.25) is 15.4 Å². The number of nitrogens with one attached hydrogen (secondary N) is 2. The lowest BCUT2D eigenvalue weighted by Crippen LogP contribution is -2.39. The zero-order valence-electron chi connectivity index (χ0n) is 15.3. The minimum absolute atomic E-state index is 0.0539. The maximum atomic E-state index is 12.2. The number of methoxy groups -OCH3 is 1. The van der Waals surface area contributed by atoms with E-state index < -0.39 is 6.04 Å². The molecule has 0 aliphatic heterocycles. The summed E-state index contributed by atoms with van der Waals surface area (Å²) in [6, 6.07) is 6.94. The van der Waals surface area contributed by atoms with Gasteiger partial charge in [0.1, 0.15) is 0 Å². The molecule has 1 heterocycles. The predicted molar refractivity (Wildman–Crippen MR) is 95.0 cm³/mol. The number of aryl methyl sites for hydroxylation is 1. The van der Waals surface area contributed by atoms with Crippen LogP contribution in [-0.4, -0.2) is 30.8 Å². The van der Waals surface area contributed by atoms with E-state index >= 15 is 0 Å². The summed E-state index contributed by atoms with van der Waals surface area (Å²) in [7, 11) is 1.61. The second-order valence-corrected chi connectivity index (χ2v) is 5.78. The van der Waals surface area contributed by atoms with Crippen molar-refractivity contribution in [2.45, 2.75) is 39.8 Å². The highest BCUT2D eigenvalue weighted by Crippen LogP contribution is 2.30. The van der Waals surface area contributed by atoms with Gasteiger partial charge in [-0.25, -0.2) is 0 Å². The van der Waals surface area contributed by atoms with Crippen LogP contribution in [0, 0.1) is 6.92 Å². The number of benzene rings is 1. The van der Waals surface area contributed by atoms with Crippen molar-refractivity contribution >= 4 is 11.8 Å². The number of carbonyl (C=O) groups is 1. The van der Waals surface area contributed by atoms with E-state index in [1.54, 1.807) is 27.0 Å². The van der Waals surface area contributed by atoms with Crippen LogP contribution in [0.15, 0.2) is 28.8 Å². The lowest BCUT2D eigenvalue weighted by Gasteiger charge is -2.20. The molecule has 2 atom stereocenters. The summed E-state index contributed by atoms with van der Waals surface area (Å²) in [6.45, 7) is 8.07. The standard InChI is InChI=1S/C18H25N3O4/c1-6-24-15-8-7-14(10-16(15)23-5)12(3)19-13(4)18(22)20-17-9-11(2)21-25-17/h7-10,12-13,19H,6H2,1-5H3,(H,20,22)/t12-,13-/m0/s1. The highest BCUT2D eigenvalue weighted by Gasteiger charge is 2.18. The number of hydrogen-bond donors (Lipinski definition) is 2. The highest BCUT2D eigenvalue weighted by atomic mass is 16.5. The van der Waals surface area contributed by atoms with E-state index in [1.165, 1.54) is 0 Å². The lowest BCUT2D eigenvalue weighted by atomic mass is 10.1. The number of anilines is 1. The zero-order valence-corrected chi connectivity index (χ0v) is 15.3. The molecule has 0 saturated heterocycles. The first-order valence-corrected chi connectivity index (χ1v) is 8.25. The first-order chi connectivity index (χ1) is 11.9. The van der Waals surface area contributed by atoms with Gasteiger partial charge in [-0.15, -0.1) is 0 Å². The Hall–Kier alpha value is -2.54. The van der Waals surface area contributed by atoms with Crippen molar-refractivity contribution in [1.82, 2.24) is 10.5 Å². The fourth-order valence-corrected chi connectivity index (χ4v) is 2.43. The number of carbonyl (C=O) groups excluding carboxylic acids is 1. The van der Waals surface area contributed by atoms with Gasteiger partial charge in [-0.1, -0.05) is 11.2 Å². The summed E-state index contributed by atoms with van der Waals surface area (Å²) in [5, 5.41) is 9.69. The van der Waals surface area contributed by atoms with Crippen LogP contribution in [0.5, 0.6) is 11.5 Å². The molecule has 7 heteroatoms. The van der Waals surface area contributed by atoms with Gasteiger partial charge in [0.05, 0.1) is 25.5 Å². The average Bonchev–Trinajstić information content (AvgIpc) is 3.00. The quantitative estimate of drug-likeness (QED) is 0.763. The van der Waals surface area contributed by atoms with Gasteiger partial charge in [-0.05, 0) is 45.4 Å².